The van der Waals surface area contributed by atoms with Crippen molar-refractivity contribution in [1.29, 1.82) is 0 Å². The first kappa shape index (κ1) is 25.4. The van der Waals surface area contributed by atoms with Crippen LogP contribution in [-0.2, 0) is 17.8 Å². The fourth-order valence-corrected chi connectivity index (χ4v) is 4.22. The van der Waals surface area contributed by atoms with E-state index in [-0.39, 0.29) is 11.7 Å². The van der Waals surface area contributed by atoms with Gasteiger partial charge in [-0.1, -0.05) is 31.2 Å². The Morgan fingerprint density at radius 3 is 2.44 bits per heavy atom. The van der Waals surface area contributed by atoms with Gasteiger partial charge < -0.3 is 24.1 Å². The monoisotopic (exact) mass is 484 g/mol. The van der Waals surface area contributed by atoms with Gasteiger partial charge in [0.2, 0.25) is 5.91 Å². The van der Waals surface area contributed by atoms with Crippen LogP contribution in [0.2, 0.25) is 0 Å². The standard InChI is InChI=1S/C25H32N4O4S/c1-5-6-15-29-24(19-8-10-20(31-2)11-9-19)27-28-25(29)34-17-23(30)26-14-13-18-7-12-21(32-3)22(16-18)33-4/h7-12,16H,5-6,13-15,17H2,1-4H3,(H,26,30). The number of amides is 1. The predicted molar refractivity (Wildman–Crippen MR) is 134 cm³/mol. The Hall–Kier alpha value is -3.20. The van der Waals surface area contributed by atoms with Gasteiger partial charge in [0.1, 0.15) is 5.75 Å². The Kier molecular flexibility index (Phi) is 9.63. The number of rotatable bonds is 13. The molecule has 1 N–H and O–H groups in total. The summed E-state index contributed by atoms with van der Waals surface area (Å²) >= 11 is 1.40. The van der Waals surface area contributed by atoms with E-state index in [0.29, 0.717) is 24.5 Å². The van der Waals surface area contributed by atoms with E-state index in [1.165, 1.54) is 11.8 Å². The van der Waals surface area contributed by atoms with Gasteiger partial charge in [0.05, 0.1) is 27.1 Å². The maximum absolute atomic E-state index is 12.5. The lowest BCUT2D eigenvalue weighted by Gasteiger charge is -2.11. The molecule has 0 bridgehead atoms. The van der Waals surface area contributed by atoms with Crippen LogP contribution in [0, 0.1) is 0 Å². The van der Waals surface area contributed by atoms with Crippen molar-refractivity contribution in [3.05, 3.63) is 48.0 Å². The first-order valence-electron chi connectivity index (χ1n) is 11.3. The number of ether oxygens (including phenoxy) is 3. The van der Waals surface area contributed by atoms with E-state index < -0.39 is 0 Å². The van der Waals surface area contributed by atoms with Crippen molar-refractivity contribution >= 4 is 17.7 Å². The molecule has 9 heteroatoms. The van der Waals surface area contributed by atoms with Crippen molar-refractivity contribution in [1.82, 2.24) is 20.1 Å². The van der Waals surface area contributed by atoms with Crippen LogP contribution in [0.1, 0.15) is 25.3 Å². The molecule has 0 aliphatic heterocycles. The Labute approximate surface area is 205 Å². The normalized spacial score (nSPS) is 10.7. The number of methoxy groups -OCH3 is 3. The first-order chi connectivity index (χ1) is 16.6. The number of unbranched alkanes of at least 4 members (excludes halogenated alkanes) is 1. The summed E-state index contributed by atoms with van der Waals surface area (Å²) in [7, 11) is 4.87. The molecule has 0 fully saturated rings. The highest BCUT2D eigenvalue weighted by Gasteiger charge is 2.15. The molecule has 0 saturated heterocycles. The summed E-state index contributed by atoms with van der Waals surface area (Å²) in [6, 6.07) is 13.5. The second kappa shape index (κ2) is 12.9. The minimum absolute atomic E-state index is 0.0403. The van der Waals surface area contributed by atoms with Gasteiger partial charge in [0.15, 0.2) is 22.5 Å². The topological polar surface area (TPSA) is 87.5 Å². The van der Waals surface area contributed by atoms with Gasteiger partial charge in [-0.2, -0.15) is 0 Å². The fourth-order valence-electron chi connectivity index (χ4n) is 3.43. The highest BCUT2D eigenvalue weighted by atomic mass is 32.2. The van der Waals surface area contributed by atoms with E-state index in [2.05, 4.69) is 27.0 Å². The van der Waals surface area contributed by atoms with E-state index in [9.17, 15) is 4.79 Å². The van der Waals surface area contributed by atoms with Crippen LogP contribution in [0.3, 0.4) is 0 Å². The molecule has 0 unspecified atom stereocenters. The SMILES string of the molecule is CCCCn1c(SCC(=O)NCCc2ccc(OC)c(OC)c2)nnc1-c1ccc(OC)cc1. The van der Waals surface area contributed by atoms with Crippen LogP contribution in [0.4, 0.5) is 0 Å². The van der Waals surface area contributed by atoms with Gasteiger partial charge in [-0.15, -0.1) is 10.2 Å². The number of nitrogens with zero attached hydrogens (tertiary/aromatic N) is 3. The maximum atomic E-state index is 12.5. The zero-order valence-corrected chi connectivity index (χ0v) is 21.0. The molecule has 0 spiro atoms. The highest BCUT2D eigenvalue weighted by molar-refractivity contribution is 7.99. The third kappa shape index (κ3) is 6.66. The molecule has 182 valence electrons. The number of carbonyl (C=O) groups excluding carboxylic acids is 1. The van der Waals surface area contributed by atoms with Gasteiger partial charge in [-0.3, -0.25) is 4.79 Å². The van der Waals surface area contributed by atoms with Gasteiger partial charge in [0.25, 0.3) is 0 Å². The summed E-state index contributed by atoms with van der Waals surface area (Å²) in [4.78, 5) is 12.5. The lowest BCUT2D eigenvalue weighted by Crippen LogP contribution is -2.27. The fraction of sp³-hybridized carbons (Fsp3) is 0.400. The Morgan fingerprint density at radius 1 is 1.00 bits per heavy atom. The number of hydrogen-bond acceptors (Lipinski definition) is 7. The molecule has 1 heterocycles. The third-order valence-electron chi connectivity index (χ3n) is 5.32. The van der Waals surface area contributed by atoms with E-state index in [1.807, 2.05) is 42.5 Å². The van der Waals surface area contributed by atoms with Gasteiger partial charge in [0, 0.05) is 18.7 Å². The molecule has 0 aliphatic carbocycles. The molecule has 1 amide bonds. The van der Waals surface area contributed by atoms with Crippen LogP contribution in [0.25, 0.3) is 11.4 Å². The van der Waals surface area contributed by atoms with Crippen molar-refractivity contribution in [2.24, 2.45) is 0 Å². The quantitative estimate of drug-likeness (QED) is 0.363. The van der Waals surface area contributed by atoms with Crippen LogP contribution >= 0.6 is 11.8 Å². The largest absolute Gasteiger partial charge is 0.497 e. The van der Waals surface area contributed by atoms with Crippen LogP contribution in [0.5, 0.6) is 17.2 Å². The average molecular weight is 485 g/mol. The second-order valence-corrected chi connectivity index (χ2v) is 8.56. The maximum Gasteiger partial charge on any atom is 0.230 e. The van der Waals surface area contributed by atoms with Crippen LogP contribution in [-0.4, -0.2) is 54.3 Å². The van der Waals surface area contributed by atoms with Crippen molar-refractivity contribution in [3.8, 4) is 28.6 Å². The van der Waals surface area contributed by atoms with E-state index in [1.54, 1.807) is 21.3 Å². The molecule has 3 rings (SSSR count). The number of aromatic nitrogens is 3. The lowest BCUT2D eigenvalue weighted by molar-refractivity contribution is -0.118. The number of benzene rings is 2. The molecule has 34 heavy (non-hydrogen) atoms. The molecule has 0 atom stereocenters. The second-order valence-electron chi connectivity index (χ2n) is 7.62. The minimum atomic E-state index is -0.0403. The Balaban J connectivity index is 1.57. The molecule has 2 aromatic carbocycles. The molecule has 8 nitrogen and oxygen atoms in total. The summed E-state index contributed by atoms with van der Waals surface area (Å²) in [5, 5.41) is 12.5. The van der Waals surface area contributed by atoms with Gasteiger partial charge >= 0.3 is 0 Å². The third-order valence-corrected chi connectivity index (χ3v) is 6.28. The zero-order chi connectivity index (χ0) is 24.3. The van der Waals surface area contributed by atoms with Crippen molar-refractivity contribution in [3.63, 3.8) is 0 Å². The predicted octanol–water partition coefficient (Wildman–Crippen LogP) is 4.22. The number of hydrogen-bond donors (Lipinski definition) is 1. The summed E-state index contributed by atoms with van der Waals surface area (Å²) in [6.45, 7) is 3.48. The van der Waals surface area contributed by atoms with E-state index in [4.69, 9.17) is 14.2 Å². The minimum Gasteiger partial charge on any atom is -0.497 e. The smallest absolute Gasteiger partial charge is 0.230 e. The van der Waals surface area contributed by atoms with Gasteiger partial charge in [-0.05, 0) is 54.8 Å². The average Bonchev–Trinajstić information content (AvgIpc) is 3.28. The zero-order valence-electron chi connectivity index (χ0n) is 20.2. The molecule has 3 aromatic rings. The number of thioether (sulfide) groups is 1. The summed E-state index contributed by atoms with van der Waals surface area (Å²) in [5.74, 6) is 3.20. The van der Waals surface area contributed by atoms with Crippen molar-refractivity contribution < 1.29 is 19.0 Å². The van der Waals surface area contributed by atoms with Crippen LogP contribution < -0.4 is 19.5 Å². The first-order valence-corrected chi connectivity index (χ1v) is 12.3. The summed E-state index contributed by atoms with van der Waals surface area (Å²) < 4.78 is 17.9. The van der Waals surface area contributed by atoms with Gasteiger partial charge in [-0.25, -0.2) is 0 Å². The lowest BCUT2D eigenvalue weighted by atomic mass is 10.1. The molecular formula is C25H32N4O4S. The number of nitrogens with one attached hydrogen (secondary N) is 1. The Bertz CT molecular complexity index is 1070. The molecular weight excluding hydrogens is 452 g/mol. The summed E-state index contributed by atoms with van der Waals surface area (Å²) in [5.41, 5.74) is 2.03. The summed E-state index contributed by atoms with van der Waals surface area (Å²) in [6.07, 6.45) is 2.76. The molecule has 0 aliphatic rings. The van der Waals surface area contributed by atoms with E-state index >= 15 is 0 Å². The van der Waals surface area contributed by atoms with E-state index in [0.717, 1.165) is 47.2 Å². The van der Waals surface area contributed by atoms with Crippen LogP contribution in [0.15, 0.2) is 47.6 Å². The van der Waals surface area contributed by atoms with Crippen molar-refractivity contribution in [2.45, 2.75) is 37.9 Å². The Morgan fingerprint density at radius 2 is 1.76 bits per heavy atom. The molecule has 0 radical (unpaired) electrons. The van der Waals surface area contributed by atoms with Crippen molar-refractivity contribution in [2.75, 3.05) is 33.6 Å². The highest BCUT2D eigenvalue weighted by Crippen LogP contribution is 2.28. The molecule has 1 aromatic heterocycles. The number of carbonyl (C=O) groups is 1. The molecule has 0 saturated carbocycles.